The summed E-state index contributed by atoms with van der Waals surface area (Å²) in [6, 6.07) is 9.96. The first-order valence-corrected chi connectivity index (χ1v) is 10.9. The highest BCUT2D eigenvalue weighted by atomic mass is 19.1. The number of nitrogens with zero attached hydrogens (tertiary/aromatic N) is 2. The molecule has 1 saturated heterocycles. The number of morpholine rings is 1. The molecule has 2 aromatic carbocycles. The van der Waals surface area contributed by atoms with E-state index in [1.54, 1.807) is 18.2 Å². The number of nitrogens with one attached hydrogen (secondary N) is 2. The molecule has 10 heteroatoms. The first-order chi connectivity index (χ1) is 16.9. The fourth-order valence-electron chi connectivity index (χ4n) is 4.15. The van der Waals surface area contributed by atoms with Crippen LogP contribution in [0.1, 0.15) is 28.9 Å². The van der Waals surface area contributed by atoms with Crippen molar-refractivity contribution in [3.8, 4) is 11.3 Å². The maximum Gasteiger partial charge on any atom is 0.347 e. The molecule has 1 unspecified atom stereocenters. The largest absolute Gasteiger partial charge is 0.422 e. The van der Waals surface area contributed by atoms with Crippen LogP contribution in [-0.2, 0) is 4.74 Å². The molecule has 4 aromatic rings. The summed E-state index contributed by atoms with van der Waals surface area (Å²) >= 11 is 0. The molecule has 35 heavy (non-hydrogen) atoms. The van der Waals surface area contributed by atoms with Gasteiger partial charge in [-0.05, 0) is 37.3 Å². The van der Waals surface area contributed by atoms with Crippen LogP contribution in [0.15, 0.2) is 57.9 Å². The number of benzene rings is 2. The smallest absolute Gasteiger partial charge is 0.347 e. The minimum Gasteiger partial charge on any atom is -0.422 e. The molecule has 0 aliphatic carbocycles. The molecule has 1 fully saturated rings. The third kappa shape index (κ3) is 4.41. The van der Waals surface area contributed by atoms with E-state index in [1.165, 1.54) is 25.3 Å². The number of carbonyl (C=O) groups excluding carboxylic acids is 1. The highest BCUT2D eigenvalue weighted by molar-refractivity contribution is 6.00. The summed E-state index contributed by atoms with van der Waals surface area (Å²) in [6.07, 6.45) is 0.895. The van der Waals surface area contributed by atoms with Crippen molar-refractivity contribution in [2.75, 3.05) is 25.0 Å². The van der Waals surface area contributed by atoms with Gasteiger partial charge in [0.2, 0.25) is 5.95 Å². The van der Waals surface area contributed by atoms with E-state index in [9.17, 15) is 18.4 Å². The van der Waals surface area contributed by atoms with Crippen molar-refractivity contribution < 1.29 is 22.7 Å². The minimum atomic E-state index is -0.750. The van der Waals surface area contributed by atoms with Crippen LogP contribution in [0.25, 0.3) is 22.2 Å². The van der Waals surface area contributed by atoms with Gasteiger partial charge in [0.25, 0.3) is 0 Å². The molecule has 8 nitrogen and oxygen atoms in total. The van der Waals surface area contributed by atoms with E-state index in [0.717, 1.165) is 12.1 Å². The molecule has 5 rings (SSSR count). The number of rotatable bonds is 5. The van der Waals surface area contributed by atoms with Crippen LogP contribution in [-0.4, -0.2) is 35.4 Å². The SMILES string of the molecule is CC(=O)c1c(C2CNCCO2)c2ccc(Nc3nccc(-c4c(F)cccc4F)n3)cc2oc1=O. The van der Waals surface area contributed by atoms with Crippen molar-refractivity contribution >= 4 is 28.4 Å². The minimum absolute atomic E-state index is 0.0325. The number of hydrogen-bond donors (Lipinski definition) is 2. The Morgan fingerprint density at radius 2 is 1.97 bits per heavy atom. The zero-order valence-corrected chi connectivity index (χ0v) is 18.6. The molecule has 0 amide bonds. The number of anilines is 2. The van der Waals surface area contributed by atoms with Crippen LogP contribution in [0.4, 0.5) is 20.4 Å². The Labute approximate surface area is 198 Å². The average molecular weight is 478 g/mol. The normalized spacial score (nSPS) is 15.8. The highest BCUT2D eigenvalue weighted by Gasteiger charge is 2.27. The van der Waals surface area contributed by atoms with Gasteiger partial charge in [-0.3, -0.25) is 4.79 Å². The molecule has 0 bridgehead atoms. The van der Waals surface area contributed by atoms with Crippen molar-refractivity contribution in [1.82, 2.24) is 15.3 Å². The maximum atomic E-state index is 14.2. The number of carbonyl (C=O) groups is 1. The van der Waals surface area contributed by atoms with Gasteiger partial charge in [-0.1, -0.05) is 6.07 Å². The standard InChI is InChI=1S/C25H20F2N4O4/c1-13(32)21-22(20-12-28-9-10-34-20)15-6-5-14(11-19(15)35-24(21)33)30-25-29-8-7-18(31-25)23-16(26)3-2-4-17(23)27/h2-8,11,20,28H,9-10,12H2,1H3,(H,29,30,31). The Morgan fingerprint density at radius 1 is 1.17 bits per heavy atom. The van der Waals surface area contributed by atoms with Gasteiger partial charge >= 0.3 is 5.63 Å². The van der Waals surface area contributed by atoms with E-state index >= 15 is 0 Å². The Bertz CT molecular complexity index is 1480. The van der Waals surface area contributed by atoms with Gasteiger partial charge in [0.15, 0.2) is 5.78 Å². The van der Waals surface area contributed by atoms with E-state index in [1.807, 2.05) is 0 Å². The van der Waals surface area contributed by atoms with Crippen molar-refractivity contribution in [3.63, 3.8) is 0 Å². The van der Waals surface area contributed by atoms with E-state index in [2.05, 4.69) is 20.6 Å². The Hall–Kier alpha value is -4.02. The Morgan fingerprint density at radius 3 is 2.69 bits per heavy atom. The van der Waals surface area contributed by atoms with Crippen LogP contribution >= 0.6 is 0 Å². The van der Waals surface area contributed by atoms with Gasteiger partial charge in [-0.2, -0.15) is 0 Å². The van der Waals surface area contributed by atoms with Crippen molar-refractivity contribution in [3.05, 3.63) is 81.8 Å². The monoisotopic (exact) mass is 478 g/mol. The third-order valence-electron chi connectivity index (χ3n) is 5.68. The average Bonchev–Trinajstić information content (AvgIpc) is 2.83. The van der Waals surface area contributed by atoms with Gasteiger partial charge in [-0.25, -0.2) is 23.5 Å². The number of ketones is 1. The predicted molar refractivity (Wildman–Crippen MR) is 125 cm³/mol. The van der Waals surface area contributed by atoms with E-state index in [-0.39, 0.29) is 28.4 Å². The fraction of sp³-hybridized carbons (Fsp3) is 0.200. The Balaban J connectivity index is 1.54. The summed E-state index contributed by atoms with van der Waals surface area (Å²) in [7, 11) is 0. The lowest BCUT2D eigenvalue weighted by atomic mass is 9.96. The Kier molecular flexibility index (Phi) is 6.06. The summed E-state index contributed by atoms with van der Waals surface area (Å²) in [5, 5.41) is 6.73. The number of Topliss-reactive ketones (excluding diaryl/α,β-unsaturated/α-hetero) is 1. The molecule has 2 aromatic heterocycles. The van der Waals surface area contributed by atoms with Gasteiger partial charge in [0.05, 0.1) is 24.0 Å². The van der Waals surface area contributed by atoms with E-state index < -0.39 is 29.1 Å². The lowest BCUT2D eigenvalue weighted by Gasteiger charge is -2.26. The molecule has 1 aliphatic rings. The van der Waals surface area contributed by atoms with Crippen molar-refractivity contribution in [2.45, 2.75) is 13.0 Å². The molecule has 0 radical (unpaired) electrons. The third-order valence-corrected chi connectivity index (χ3v) is 5.68. The first kappa shape index (κ1) is 22.8. The molecule has 1 aliphatic heterocycles. The summed E-state index contributed by atoms with van der Waals surface area (Å²) < 4.78 is 39.7. The van der Waals surface area contributed by atoms with Gasteiger partial charge in [0, 0.05) is 42.0 Å². The number of ether oxygens (including phenoxy) is 1. The highest BCUT2D eigenvalue weighted by Crippen LogP contribution is 2.32. The molecule has 2 N–H and O–H groups in total. The van der Waals surface area contributed by atoms with Gasteiger partial charge < -0.3 is 19.8 Å². The van der Waals surface area contributed by atoms with E-state index in [0.29, 0.717) is 36.3 Å². The summed E-state index contributed by atoms with van der Waals surface area (Å²) in [4.78, 5) is 33.3. The molecular weight excluding hydrogens is 458 g/mol. The zero-order chi connectivity index (χ0) is 24.5. The summed E-state index contributed by atoms with van der Waals surface area (Å²) in [6.45, 7) is 2.89. The van der Waals surface area contributed by atoms with Crippen LogP contribution in [0, 0.1) is 11.6 Å². The lowest BCUT2D eigenvalue weighted by Crippen LogP contribution is -2.35. The number of halogens is 2. The molecule has 0 spiro atoms. The summed E-state index contributed by atoms with van der Waals surface area (Å²) in [5.74, 6) is -1.80. The quantitative estimate of drug-likeness (QED) is 0.326. The van der Waals surface area contributed by atoms with Crippen LogP contribution in [0.2, 0.25) is 0 Å². The predicted octanol–water partition coefficient (Wildman–Crippen LogP) is 4.14. The summed E-state index contributed by atoms with van der Waals surface area (Å²) in [5.41, 5.74) is 0.220. The second-order valence-corrected chi connectivity index (χ2v) is 8.00. The second kappa shape index (κ2) is 9.32. The second-order valence-electron chi connectivity index (χ2n) is 8.00. The number of aromatic nitrogens is 2. The topological polar surface area (TPSA) is 106 Å². The number of fused-ring (bicyclic) bond motifs is 1. The van der Waals surface area contributed by atoms with Gasteiger partial charge in [-0.15, -0.1) is 0 Å². The van der Waals surface area contributed by atoms with Crippen molar-refractivity contribution in [2.24, 2.45) is 0 Å². The number of hydrogen-bond acceptors (Lipinski definition) is 8. The molecule has 3 heterocycles. The molecule has 1 atom stereocenters. The fourth-order valence-corrected chi connectivity index (χ4v) is 4.15. The molecular formula is C25H20F2N4O4. The van der Waals surface area contributed by atoms with Crippen LogP contribution < -0.4 is 16.3 Å². The van der Waals surface area contributed by atoms with Gasteiger partial charge in [0.1, 0.15) is 22.8 Å². The maximum absolute atomic E-state index is 14.2. The molecule has 178 valence electrons. The zero-order valence-electron chi connectivity index (χ0n) is 18.6. The first-order valence-electron chi connectivity index (χ1n) is 10.9. The lowest BCUT2D eigenvalue weighted by molar-refractivity contribution is 0.0277. The van der Waals surface area contributed by atoms with Crippen molar-refractivity contribution in [1.29, 1.82) is 0 Å². The van der Waals surface area contributed by atoms with E-state index in [4.69, 9.17) is 9.15 Å². The van der Waals surface area contributed by atoms with Crippen LogP contribution in [0.3, 0.4) is 0 Å². The van der Waals surface area contributed by atoms with Crippen LogP contribution in [0.5, 0.6) is 0 Å². The molecule has 0 saturated carbocycles.